The maximum Gasteiger partial charge on any atom is 0.240 e. The number of benzene rings is 2. The molecule has 118 valence electrons. The first kappa shape index (κ1) is 16.6. The molecule has 0 aromatic heterocycles. The third-order valence-corrected chi connectivity index (χ3v) is 4.72. The van der Waals surface area contributed by atoms with Crippen LogP contribution in [0.15, 0.2) is 47.4 Å². The Hall–Kier alpha value is -1.76. The van der Waals surface area contributed by atoms with Gasteiger partial charge in [-0.15, -0.1) is 0 Å². The molecule has 0 amide bonds. The Labute approximate surface area is 134 Å². The van der Waals surface area contributed by atoms with Gasteiger partial charge >= 0.3 is 0 Å². The summed E-state index contributed by atoms with van der Waals surface area (Å²) in [5.74, 6) is 1.16. The molecule has 1 N–H and O–H groups in total. The summed E-state index contributed by atoms with van der Waals surface area (Å²) in [6.45, 7) is 0.0814. The summed E-state index contributed by atoms with van der Waals surface area (Å²) in [7, 11) is -0.586. The maximum absolute atomic E-state index is 12.3. The van der Waals surface area contributed by atoms with Crippen molar-refractivity contribution in [2.24, 2.45) is 0 Å². The molecule has 5 nitrogen and oxygen atoms in total. The first-order valence-corrected chi connectivity index (χ1v) is 8.28. The number of sulfonamides is 1. The normalized spacial score (nSPS) is 11.2. The smallest absolute Gasteiger partial charge is 0.240 e. The molecule has 2 aromatic carbocycles. The zero-order chi connectivity index (χ0) is 16.2. The minimum absolute atomic E-state index is 0.0814. The lowest BCUT2D eigenvalue weighted by Gasteiger charge is -2.11. The molecular formula is C15H16ClNO4S. The highest BCUT2D eigenvalue weighted by Gasteiger charge is 2.15. The standard InChI is InChI=1S/C15H16ClNO4S/c1-20-13-4-6-14(7-5-13)22(18,19)17-10-11-9-12(16)3-8-15(11)21-2/h3-9,17H,10H2,1-2H3. The topological polar surface area (TPSA) is 64.6 Å². The summed E-state index contributed by atoms with van der Waals surface area (Å²) in [4.78, 5) is 0.161. The summed E-state index contributed by atoms with van der Waals surface area (Å²) >= 11 is 5.93. The Bertz CT molecular complexity index is 745. The zero-order valence-corrected chi connectivity index (χ0v) is 13.7. The predicted molar refractivity (Wildman–Crippen MR) is 85.0 cm³/mol. The molecule has 0 saturated carbocycles. The van der Waals surface area contributed by atoms with Crippen molar-refractivity contribution >= 4 is 21.6 Å². The molecule has 0 saturated heterocycles. The molecule has 0 bridgehead atoms. The van der Waals surface area contributed by atoms with E-state index in [0.29, 0.717) is 22.1 Å². The molecule has 0 fully saturated rings. The van der Waals surface area contributed by atoms with Gasteiger partial charge in [-0.25, -0.2) is 13.1 Å². The predicted octanol–water partition coefficient (Wildman–Crippen LogP) is 2.84. The minimum atomic E-state index is -3.63. The van der Waals surface area contributed by atoms with Crippen LogP contribution in [0.3, 0.4) is 0 Å². The summed E-state index contributed by atoms with van der Waals surface area (Å²) in [6, 6.07) is 11.2. The van der Waals surface area contributed by atoms with Crippen LogP contribution in [-0.2, 0) is 16.6 Å². The first-order valence-electron chi connectivity index (χ1n) is 6.42. The Morgan fingerprint density at radius 3 is 2.32 bits per heavy atom. The first-order chi connectivity index (χ1) is 10.5. The van der Waals surface area contributed by atoms with Gasteiger partial charge in [0, 0.05) is 17.1 Å². The molecule has 7 heteroatoms. The van der Waals surface area contributed by atoms with E-state index in [0.717, 1.165) is 0 Å². The molecule has 0 aliphatic heterocycles. The number of rotatable bonds is 6. The van der Waals surface area contributed by atoms with Crippen molar-refractivity contribution in [3.63, 3.8) is 0 Å². The monoisotopic (exact) mass is 341 g/mol. The second-order valence-corrected chi connectivity index (χ2v) is 6.66. The van der Waals surface area contributed by atoms with E-state index < -0.39 is 10.0 Å². The van der Waals surface area contributed by atoms with Crippen LogP contribution >= 0.6 is 11.6 Å². The van der Waals surface area contributed by atoms with Crippen molar-refractivity contribution in [3.05, 3.63) is 53.1 Å². The molecule has 0 aliphatic carbocycles. The number of hydrogen-bond acceptors (Lipinski definition) is 4. The molecule has 2 aromatic rings. The molecule has 0 radical (unpaired) electrons. The lowest BCUT2D eigenvalue weighted by molar-refractivity contribution is 0.409. The molecule has 0 atom stereocenters. The minimum Gasteiger partial charge on any atom is -0.497 e. The van der Waals surface area contributed by atoms with Gasteiger partial charge in [0.1, 0.15) is 11.5 Å². The van der Waals surface area contributed by atoms with Crippen molar-refractivity contribution in [1.82, 2.24) is 4.72 Å². The molecule has 0 aliphatic rings. The molecule has 22 heavy (non-hydrogen) atoms. The summed E-state index contributed by atoms with van der Waals surface area (Å²) in [5.41, 5.74) is 0.659. The van der Waals surface area contributed by atoms with Crippen LogP contribution in [0.4, 0.5) is 0 Å². The van der Waals surface area contributed by atoms with Gasteiger partial charge in [-0.2, -0.15) is 0 Å². The van der Waals surface area contributed by atoms with E-state index in [4.69, 9.17) is 21.1 Å². The molecular weight excluding hydrogens is 326 g/mol. The lowest BCUT2D eigenvalue weighted by Crippen LogP contribution is -2.23. The quantitative estimate of drug-likeness (QED) is 0.877. The van der Waals surface area contributed by atoms with Gasteiger partial charge in [0.2, 0.25) is 10.0 Å². The van der Waals surface area contributed by atoms with E-state index in [-0.39, 0.29) is 11.4 Å². The van der Waals surface area contributed by atoms with Gasteiger partial charge in [-0.3, -0.25) is 0 Å². The fourth-order valence-corrected chi connectivity index (χ4v) is 3.10. The van der Waals surface area contributed by atoms with Crippen LogP contribution in [0, 0.1) is 0 Å². The van der Waals surface area contributed by atoms with Crippen LogP contribution in [0.25, 0.3) is 0 Å². The van der Waals surface area contributed by atoms with E-state index in [1.54, 1.807) is 30.3 Å². The van der Waals surface area contributed by atoms with E-state index in [1.165, 1.54) is 26.4 Å². The highest BCUT2D eigenvalue weighted by Crippen LogP contribution is 2.23. The maximum atomic E-state index is 12.3. The van der Waals surface area contributed by atoms with Gasteiger partial charge in [0.05, 0.1) is 19.1 Å². The van der Waals surface area contributed by atoms with Gasteiger partial charge in [0.15, 0.2) is 0 Å². The lowest BCUT2D eigenvalue weighted by atomic mass is 10.2. The van der Waals surface area contributed by atoms with Gasteiger partial charge < -0.3 is 9.47 Å². The third-order valence-electron chi connectivity index (χ3n) is 3.06. The second kappa shape index (κ2) is 7.00. The number of halogens is 1. The Kier molecular flexibility index (Phi) is 5.28. The average molecular weight is 342 g/mol. The molecule has 2 rings (SSSR count). The molecule has 0 heterocycles. The molecule has 0 unspecified atom stereocenters. The van der Waals surface area contributed by atoms with Crippen LogP contribution in [0.1, 0.15) is 5.56 Å². The largest absolute Gasteiger partial charge is 0.497 e. The van der Waals surface area contributed by atoms with Crippen molar-refractivity contribution in [3.8, 4) is 11.5 Å². The second-order valence-electron chi connectivity index (χ2n) is 4.46. The third kappa shape index (κ3) is 3.91. The SMILES string of the molecule is COc1ccc(S(=O)(=O)NCc2cc(Cl)ccc2OC)cc1. The van der Waals surface area contributed by atoms with Crippen molar-refractivity contribution in [1.29, 1.82) is 0 Å². The number of ether oxygens (including phenoxy) is 2. The van der Waals surface area contributed by atoms with Crippen LogP contribution in [0.2, 0.25) is 5.02 Å². The van der Waals surface area contributed by atoms with E-state index >= 15 is 0 Å². The van der Waals surface area contributed by atoms with Gasteiger partial charge in [0.25, 0.3) is 0 Å². The van der Waals surface area contributed by atoms with Crippen molar-refractivity contribution in [2.75, 3.05) is 14.2 Å². The summed E-state index contributed by atoms with van der Waals surface area (Å²) in [6.07, 6.45) is 0. The highest BCUT2D eigenvalue weighted by molar-refractivity contribution is 7.89. The van der Waals surface area contributed by atoms with E-state index in [2.05, 4.69) is 4.72 Å². The summed E-state index contributed by atoms with van der Waals surface area (Å²) < 4.78 is 37.3. The van der Waals surface area contributed by atoms with Crippen molar-refractivity contribution in [2.45, 2.75) is 11.4 Å². The highest BCUT2D eigenvalue weighted by atomic mass is 35.5. The Morgan fingerprint density at radius 1 is 1.05 bits per heavy atom. The average Bonchev–Trinajstić information content (AvgIpc) is 2.53. The van der Waals surface area contributed by atoms with Gasteiger partial charge in [-0.1, -0.05) is 11.6 Å². The number of hydrogen-bond donors (Lipinski definition) is 1. The fraction of sp³-hybridized carbons (Fsp3) is 0.200. The van der Waals surface area contributed by atoms with E-state index in [9.17, 15) is 8.42 Å². The Balaban J connectivity index is 2.17. The van der Waals surface area contributed by atoms with Crippen LogP contribution in [0.5, 0.6) is 11.5 Å². The van der Waals surface area contributed by atoms with E-state index in [1.807, 2.05) is 0 Å². The fourth-order valence-electron chi connectivity index (χ4n) is 1.90. The zero-order valence-electron chi connectivity index (χ0n) is 12.2. The number of methoxy groups -OCH3 is 2. The van der Waals surface area contributed by atoms with Gasteiger partial charge in [-0.05, 0) is 42.5 Å². The number of nitrogens with one attached hydrogen (secondary N) is 1. The summed E-state index contributed by atoms with van der Waals surface area (Å²) in [5, 5.41) is 0.513. The van der Waals surface area contributed by atoms with Crippen molar-refractivity contribution < 1.29 is 17.9 Å². The molecule has 0 spiro atoms. The van der Waals surface area contributed by atoms with Crippen LogP contribution < -0.4 is 14.2 Å². The van der Waals surface area contributed by atoms with Crippen LogP contribution in [-0.4, -0.2) is 22.6 Å². The Morgan fingerprint density at radius 2 is 1.73 bits per heavy atom.